The lowest BCUT2D eigenvalue weighted by Crippen LogP contribution is -2.16. The molecule has 11 heteroatoms. The molecule has 150 valence electrons. The quantitative estimate of drug-likeness (QED) is 0.223. The van der Waals surface area contributed by atoms with Gasteiger partial charge in [-0.25, -0.2) is 14.5 Å². The molecule has 9 nitrogen and oxygen atoms in total. The van der Waals surface area contributed by atoms with Crippen molar-refractivity contribution in [1.82, 2.24) is 14.9 Å². The Hall–Kier alpha value is -3.60. The number of carbonyl (C=O) groups excluding carboxylic acids is 1. The first-order valence-corrected chi connectivity index (χ1v) is 9.35. The third-order valence-electron chi connectivity index (χ3n) is 3.60. The van der Waals surface area contributed by atoms with Crippen molar-refractivity contribution in [2.45, 2.75) is 5.16 Å². The summed E-state index contributed by atoms with van der Waals surface area (Å²) in [7, 11) is 1.56. The van der Waals surface area contributed by atoms with Crippen molar-refractivity contribution in [3.63, 3.8) is 0 Å². The highest BCUT2D eigenvalue weighted by Gasteiger charge is 2.12. The topological polar surface area (TPSA) is 119 Å². The molecule has 0 saturated heterocycles. The van der Waals surface area contributed by atoms with Gasteiger partial charge in [0.05, 0.1) is 19.1 Å². The molecule has 3 rings (SSSR count). The molecule has 2 aromatic carbocycles. The van der Waals surface area contributed by atoms with Gasteiger partial charge in [-0.05, 0) is 29.8 Å². The highest BCUT2D eigenvalue weighted by atomic mass is 32.2. The molecule has 4 N–H and O–H groups in total. The Kier molecular flexibility index (Phi) is 6.63. The van der Waals surface area contributed by atoms with Crippen LogP contribution in [0.4, 0.5) is 16.0 Å². The third-order valence-corrected chi connectivity index (χ3v) is 4.54. The second kappa shape index (κ2) is 9.55. The van der Waals surface area contributed by atoms with Crippen molar-refractivity contribution in [1.29, 1.82) is 0 Å². The minimum atomic E-state index is -0.325. The molecule has 3 aromatic rings. The zero-order valence-corrected chi connectivity index (χ0v) is 16.2. The van der Waals surface area contributed by atoms with Gasteiger partial charge in [0, 0.05) is 11.8 Å². The minimum Gasteiger partial charge on any atom is -0.497 e. The van der Waals surface area contributed by atoms with Crippen LogP contribution in [0, 0.1) is 5.82 Å². The number of ether oxygens (including phenoxy) is 1. The Labute approximate surface area is 170 Å². The monoisotopic (exact) mass is 415 g/mol. The van der Waals surface area contributed by atoms with Crippen LogP contribution in [0.15, 0.2) is 58.8 Å². The first kappa shape index (κ1) is 20.1. The number of halogens is 1. The summed E-state index contributed by atoms with van der Waals surface area (Å²) in [6.45, 7) is 0. The van der Waals surface area contributed by atoms with Gasteiger partial charge in [0.15, 0.2) is 0 Å². The zero-order valence-electron chi connectivity index (χ0n) is 15.4. The molecule has 1 amide bonds. The fourth-order valence-electron chi connectivity index (χ4n) is 2.19. The molecule has 0 bridgehead atoms. The number of nitrogen functional groups attached to an aromatic ring is 1. The average molecular weight is 415 g/mol. The van der Waals surface area contributed by atoms with E-state index in [1.807, 2.05) is 0 Å². The van der Waals surface area contributed by atoms with E-state index < -0.39 is 0 Å². The summed E-state index contributed by atoms with van der Waals surface area (Å²) in [6.07, 6.45) is 1.49. The number of amides is 1. The van der Waals surface area contributed by atoms with Crippen molar-refractivity contribution < 1.29 is 13.9 Å². The lowest BCUT2D eigenvalue weighted by Gasteiger charge is -2.07. The maximum absolute atomic E-state index is 12.9. The van der Waals surface area contributed by atoms with Gasteiger partial charge in [-0.2, -0.15) is 5.10 Å². The normalized spacial score (nSPS) is 10.8. The number of nitrogens with one attached hydrogen (secondary N) is 2. The second-order valence-corrected chi connectivity index (χ2v) is 6.61. The Bertz CT molecular complexity index is 1010. The molecule has 0 radical (unpaired) electrons. The molecule has 0 aliphatic rings. The fourth-order valence-corrected chi connectivity index (χ4v) is 2.85. The van der Waals surface area contributed by atoms with Crippen molar-refractivity contribution in [2.75, 3.05) is 29.4 Å². The molecule has 0 spiro atoms. The van der Waals surface area contributed by atoms with E-state index >= 15 is 0 Å². The number of methoxy groups -OCH3 is 1. The number of hydrazone groups is 1. The summed E-state index contributed by atoms with van der Waals surface area (Å²) < 4.78 is 19.2. The van der Waals surface area contributed by atoms with E-state index in [2.05, 4.69) is 26.0 Å². The molecular weight excluding hydrogens is 397 g/mol. The summed E-state index contributed by atoms with van der Waals surface area (Å²) in [6, 6.07) is 12.9. The summed E-state index contributed by atoms with van der Waals surface area (Å²) >= 11 is 1.12. The van der Waals surface area contributed by atoms with Crippen molar-refractivity contribution in [3.05, 3.63) is 59.9 Å². The predicted octanol–water partition coefficient (Wildman–Crippen LogP) is 2.32. The summed E-state index contributed by atoms with van der Waals surface area (Å²) in [4.78, 5) is 12.1. The van der Waals surface area contributed by atoms with Gasteiger partial charge in [-0.15, -0.1) is 10.2 Å². The van der Waals surface area contributed by atoms with Crippen LogP contribution in [0.3, 0.4) is 0 Å². The number of benzene rings is 2. The molecular formula is C18H18FN7O2S. The van der Waals surface area contributed by atoms with Crippen molar-refractivity contribution >= 4 is 35.5 Å². The highest BCUT2D eigenvalue weighted by molar-refractivity contribution is 7.99. The highest BCUT2D eigenvalue weighted by Crippen LogP contribution is 2.19. The summed E-state index contributed by atoms with van der Waals surface area (Å²) in [5, 5.41) is 14.9. The van der Waals surface area contributed by atoms with Crippen molar-refractivity contribution in [2.24, 2.45) is 5.10 Å². The van der Waals surface area contributed by atoms with E-state index in [9.17, 15) is 9.18 Å². The predicted molar refractivity (Wildman–Crippen MR) is 110 cm³/mol. The zero-order chi connectivity index (χ0) is 20.6. The molecule has 0 atom stereocenters. The number of aromatic nitrogens is 3. The standard InChI is InChI=1S/C18H18FN7O2S/c1-28-15-4-2-3-14(9-15)22-16(27)11-29-18-25-24-17(26(18)20)23-21-10-12-5-7-13(19)8-6-12/h2-10H,11,20H2,1H3,(H,22,27)(H,23,24)/b21-10+. The molecule has 29 heavy (non-hydrogen) atoms. The number of carbonyl (C=O) groups is 1. The van der Waals surface area contributed by atoms with Crippen LogP contribution < -0.4 is 21.3 Å². The number of rotatable bonds is 8. The maximum Gasteiger partial charge on any atom is 0.264 e. The number of hydrogen-bond acceptors (Lipinski definition) is 8. The Balaban J connectivity index is 1.52. The molecule has 0 saturated carbocycles. The molecule has 0 fully saturated rings. The van der Waals surface area contributed by atoms with Crippen LogP contribution in [0.1, 0.15) is 5.56 Å². The van der Waals surface area contributed by atoms with Gasteiger partial charge in [-0.1, -0.05) is 30.0 Å². The van der Waals surface area contributed by atoms with E-state index in [0.29, 0.717) is 22.2 Å². The smallest absolute Gasteiger partial charge is 0.264 e. The van der Waals surface area contributed by atoms with Crippen molar-refractivity contribution in [3.8, 4) is 5.75 Å². The Morgan fingerprint density at radius 3 is 2.86 bits per heavy atom. The second-order valence-electron chi connectivity index (χ2n) is 5.67. The lowest BCUT2D eigenvalue weighted by atomic mass is 10.2. The van der Waals surface area contributed by atoms with Gasteiger partial charge < -0.3 is 15.9 Å². The number of thioether (sulfide) groups is 1. The largest absolute Gasteiger partial charge is 0.497 e. The SMILES string of the molecule is COc1cccc(NC(=O)CSc2nnc(N/N=C/c3ccc(F)cc3)n2N)c1. The lowest BCUT2D eigenvalue weighted by molar-refractivity contribution is -0.113. The summed E-state index contributed by atoms with van der Waals surface area (Å²) in [5.41, 5.74) is 3.98. The van der Waals surface area contributed by atoms with E-state index in [1.165, 1.54) is 23.0 Å². The van der Waals surface area contributed by atoms with Gasteiger partial charge in [-0.3, -0.25) is 4.79 Å². The van der Waals surface area contributed by atoms with Crippen LogP contribution in [0.5, 0.6) is 5.75 Å². The fraction of sp³-hybridized carbons (Fsp3) is 0.111. The van der Waals surface area contributed by atoms with Crippen LogP contribution in [-0.2, 0) is 4.79 Å². The Morgan fingerprint density at radius 2 is 2.10 bits per heavy atom. The molecule has 0 aliphatic carbocycles. The van der Waals surface area contributed by atoms with E-state index in [1.54, 1.807) is 43.5 Å². The van der Waals surface area contributed by atoms with Crippen LogP contribution in [0.2, 0.25) is 0 Å². The molecule has 1 heterocycles. The number of nitrogens with two attached hydrogens (primary N) is 1. The molecule has 0 unspecified atom stereocenters. The van der Waals surface area contributed by atoms with E-state index in [-0.39, 0.29) is 23.4 Å². The first-order chi connectivity index (χ1) is 14.0. The number of nitrogens with zero attached hydrogens (tertiary/aromatic N) is 4. The Morgan fingerprint density at radius 1 is 1.31 bits per heavy atom. The maximum atomic E-state index is 12.9. The van der Waals surface area contributed by atoms with Gasteiger partial charge in [0.1, 0.15) is 11.6 Å². The molecule has 0 aliphatic heterocycles. The van der Waals surface area contributed by atoms with Crippen LogP contribution >= 0.6 is 11.8 Å². The number of hydrogen-bond donors (Lipinski definition) is 3. The minimum absolute atomic E-state index is 0.0887. The van der Waals surface area contributed by atoms with E-state index in [4.69, 9.17) is 10.6 Å². The van der Waals surface area contributed by atoms with Gasteiger partial charge in [0.25, 0.3) is 5.95 Å². The average Bonchev–Trinajstić information content (AvgIpc) is 3.07. The third kappa shape index (κ3) is 5.69. The first-order valence-electron chi connectivity index (χ1n) is 8.37. The van der Waals surface area contributed by atoms with Gasteiger partial charge in [0.2, 0.25) is 11.1 Å². The summed E-state index contributed by atoms with van der Waals surface area (Å²) in [5.74, 6) is 6.29. The molecule has 1 aromatic heterocycles. The van der Waals surface area contributed by atoms with E-state index in [0.717, 1.165) is 11.8 Å². The van der Waals surface area contributed by atoms with Gasteiger partial charge >= 0.3 is 0 Å². The number of anilines is 2. The van der Waals surface area contributed by atoms with Crippen LogP contribution in [-0.4, -0.2) is 39.9 Å². The van der Waals surface area contributed by atoms with Crippen LogP contribution in [0.25, 0.3) is 0 Å².